The topological polar surface area (TPSA) is 44.9 Å². The molecular formula is C20H22N2OS. The number of rotatable bonds is 7. The number of aromatic amines is 1. The molecule has 0 radical (unpaired) electrons. The van der Waals surface area contributed by atoms with E-state index >= 15 is 0 Å². The highest BCUT2D eigenvalue weighted by Crippen LogP contribution is 2.19. The molecule has 4 heteroatoms. The number of carbonyl (C=O) groups is 1. The highest BCUT2D eigenvalue weighted by Gasteiger charge is 2.05. The molecule has 1 aromatic heterocycles. The summed E-state index contributed by atoms with van der Waals surface area (Å²) in [6.07, 6.45) is 3.43. The van der Waals surface area contributed by atoms with E-state index in [-0.39, 0.29) is 5.91 Å². The maximum Gasteiger partial charge on any atom is 0.220 e. The van der Waals surface area contributed by atoms with Crippen molar-refractivity contribution in [3.05, 3.63) is 65.9 Å². The van der Waals surface area contributed by atoms with Crippen LogP contribution in [0.4, 0.5) is 0 Å². The van der Waals surface area contributed by atoms with Gasteiger partial charge in [-0.15, -0.1) is 11.8 Å². The number of benzene rings is 2. The molecule has 1 amide bonds. The van der Waals surface area contributed by atoms with E-state index in [1.165, 1.54) is 21.4 Å². The van der Waals surface area contributed by atoms with Gasteiger partial charge in [-0.05, 0) is 37.1 Å². The van der Waals surface area contributed by atoms with Crippen molar-refractivity contribution < 1.29 is 4.79 Å². The van der Waals surface area contributed by atoms with E-state index in [9.17, 15) is 4.79 Å². The molecule has 0 aliphatic heterocycles. The first kappa shape index (κ1) is 16.7. The van der Waals surface area contributed by atoms with E-state index < -0.39 is 0 Å². The Bertz CT molecular complexity index is 808. The van der Waals surface area contributed by atoms with Gasteiger partial charge in [-0.3, -0.25) is 4.79 Å². The van der Waals surface area contributed by atoms with Gasteiger partial charge in [-0.2, -0.15) is 0 Å². The smallest absolute Gasteiger partial charge is 0.220 e. The van der Waals surface area contributed by atoms with Crippen molar-refractivity contribution in [3.8, 4) is 0 Å². The highest BCUT2D eigenvalue weighted by molar-refractivity contribution is 7.99. The molecule has 0 atom stereocenters. The van der Waals surface area contributed by atoms with Crippen molar-refractivity contribution in [2.24, 2.45) is 0 Å². The van der Waals surface area contributed by atoms with Crippen LogP contribution in [0, 0.1) is 6.92 Å². The number of H-pyrrole nitrogens is 1. The molecule has 0 bridgehead atoms. The lowest BCUT2D eigenvalue weighted by Crippen LogP contribution is -2.25. The van der Waals surface area contributed by atoms with E-state index in [4.69, 9.17) is 0 Å². The van der Waals surface area contributed by atoms with E-state index in [2.05, 4.69) is 53.6 Å². The van der Waals surface area contributed by atoms with E-state index in [0.29, 0.717) is 13.0 Å². The molecule has 1 heterocycles. The van der Waals surface area contributed by atoms with Crippen LogP contribution in [0.3, 0.4) is 0 Å². The first-order valence-corrected chi connectivity index (χ1v) is 9.22. The van der Waals surface area contributed by atoms with Crippen molar-refractivity contribution in [1.29, 1.82) is 0 Å². The normalized spacial score (nSPS) is 10.9. The first-order valence-electron chi connectivity index (χ1n) is 8.23. The molecule has 0 saturated carbocycles. The van der Waals surface area contributed by atoms with Gasteiger partial charge < -0.3 is 10.3 Å². The fourth-order valence-corrected chi connectivity index (χ4v) is 3.51. The van der Waals surface area contributed by atoms with Crippen LogP contribution in [-0.4, -0.2) is 23.2 Å². The van der Waals surface area contributed by atoms with Crippen molar-refractivity contribution >= 4 is 28.6 Å². The van der Waals surface area contributed by atoms with Crippen LogP contribution in [0.1, 0.15) is 17.5 Å². The molecule has 0 spiro atoms. The number of nitrogens with one attached hydrogen (secondary N) is 2. The number of fused-ring (bicyclic) bond motifs is 1. The number of carbonyl (C=O) groups excluding carboxylic acids is 1. The molecule has 2 aromatic carbocycles. The summed E-state index contributed by atoms with van der Waals surface area (Å²) in [6.45, 7) is 2.76. The summed E-state index contributed by atoms with van der Waals surface area (Å²) in [7, 11) is 0. The van der Waals surface area contributed by atoms with Crippen molar-refractivity contribution in [2.45, 2.75) is 24.7 Å². The van der Waals surface area contributed by atoms with Gasteiger partial charge in [0.15, 0.2) is 0 Å². The lowest BCUT2D eigenvalue weighted by atomic mass is 10.1. The zero-order valence-electron chi connectivity index (χ0n) is 13.8. The van der Waals surface area contributed by atoms with Gasteiger partial charge in [-0.25, -0.2) is 0 Å². The predicted molar refractivity (Wildman–Crippen MR) is 102 cm³/mol. The Kier molecular flexibility index (Phi) is 5.59. The lowest BCUT2D eigenvalue weighted by molar-refractivity contribution is -0.120. The van der Waals surface area contributed by atoms with Gasteiger partial charge in [-0.1, -0.05) is 35.9 Å². The molecule has 3 rings (SSSR count). The molecule has 0 saturated heterocycles. The summed E-state index contributed by atoms with van der Waals surface area (Å²) >= 11 is 1.72. The molecule has 0 aliphatic carbocycles. The Morgan fingerprint density at radius 2 is 1.92 bits per heavy atom. The number of aromatic nitrogens is 1. The van der Waals surface area contributed by atoms with Crippen LogP contribution >= 0.6 is 11.8 Å². The Morgan fingerprint density at radius 1 is 1.12 bits per heavy atom. The molecule has 3 aromatic rings. The minimum absolute atomic E-state index is 0.120. The summed E-state index contributed by atoms with van der Waals surface area (Å²) in [5.74, 6) is 0.927. The Morgan fingerprint density at radius 3 is 2.75 bits per heavy atom. The van der Waals surface area contributed by atoms with Gasteiger partial charge in [0, 0.05) is 40.7 Å². The molecule has 124 valence electrons. The van der Waals surface area contributed by atoms with Crippen LogP contribution in [0.15, 0.2) is 59.6 Å². The third kappa shape index (κ3) is 4.42. The number of amides is 1. The quantitative estimate of drug-likeness (QED) is 0.630. The molecule has 3 nitrogen and oxygen atoms in total. The minimum atomic E-state index is 0.120. The Balaban J connectivity index is 1.39. The summed E-state index contributed by atoms with van der Waals surface area (Å²) in [5, 5.41) is 4.25. The average Bonchev–Trinajstić information content (AvgIpc) is 3.00. The molecule has 24 heavy (non-hydrogen) atoms. The van der Waals surface area contributed by atoms with Crippen molar-refractivity contribution in [1.82, 2.24) is 10.3 Å². The standard InChI is InChI=1S/C20H22N2OS/c1-15-6-8-17(9-7-15)24-13-11-20(23)21-12-10-16-14-22-19-5-3-2-4-18(16)19/h2-9,14,22H,10-13H2,1H3,(H,21,23). The van der Waals surface area contributed by atoms with Crippen molar-refractivity contribution in [3.63, 3.8) is 0 Å². The average molecular weight is 338 g/mol. The summed E-state index contributed by atoms with van der Waals surface area (Å²) in [4.78, 5) is 16.4. The van der Waals surface area contributed by atoms with E-state index in [0.717, 1.165) is 17.7 Å². The summed E-state index contributed by atoms with van der Waals surface area (Å²) < 4.78 is 0. The van der Waals surface area contributed by atoms with Crippen molar-refractivity contribution in [2.75, 3.05) is 12.3 Å². The zero-order valence-corrected chi connectivity index (χ0v) is 14.7. The largest absolute Gasteiger partial charge is 0.361 e. The second-order valence-electron chi connectivity index (χ2n) is 5.87. The number of hydrogen-bond acceptors (Lipinski definition) is 2. The maximum absolute atomic E-state index is 11.9. The van der Waals surface area contributed by atoms with Gasteiger partial charge >= 0.3 is 0 Å². The Hall–Kier alpha value is -2.20. The maximum atomic E-state index is 11.9. The third-order valence-electron chi connectivity index (χ3n) is 4.01. The highest BCUT2D eigenvalue weighted by atomic mass is 32.2. The number of hydrogen-bond donors (Lipinski definition) is 2. The zero-order chi connectivity index (χ0) is 16.8. The van der Waals surface area contributed by atoms with E-state index in [1.807, 2.05) is 18.3 Å². The first-order chi connectivity index (χ1) is 11.7. The molecule has 0 unspecified atom stereocenters. The summed E-state index contributed by atoms with van der Waals surface area (Å²) in [5.41, 5.74) is 3.66. The fraction of sp³-hybridized carbons (Fsp3) is 0.250. The monoisotopic (exact) mass is 338 g/mol. The van der Waals surface area contributed by atoms with Crippen LogP contribution in [0.5, 0.6) is 0 Å². The number of thioether (sulfide) groups is 1. The summed E-state index contributed by atoms with van der Waals surface area (Å²) in [6, 6.07) is 16.7. The van der Waals surface area contributed by atoms with Gasteiger partial charge in [0.05, 0.1) is 0 Å². The molecule has 2 N–H and O–H groups in total. The third-order valence-corrected chi connectivity index (χ3v) is 5.02. The SMILES string of the molecule is Cc1ccc(SCCC(=O)NCCc2c[nH]c3ccccc23)cc1. The lowest BCUT2D eigenvalue weighted by Gasteiger charge is -2.05. The van der Waals surface area contributed by atoms with Crippen LogP contribution in [-0.2, 0) is 11.2 Å². The van der Waals surface area contributed by atoms with E-state index in [1.54, 1.807) is 11.8 Å². The second-order valence-corrected chi connectivity index (χ2v) is 7.04. The number of para-hydroxylation sites is 1. The van der Waals surface area contributed by atoms with Crippen LogP contribution in [0.2, 0.25) is 0 Å². The predicted octanol–water partition coefficient (Wildman–Crippen LogP) is 4.32. The molecule has 0 fully saturated rings. The minimum Gasteiger partial charge on any atom is -0.361 e. The number of aryl methyl sites for hydroxylation is 1. The molecule has 0 aliphatic rings. The van der Waals surface area contributed by atoms with Crippen LogP contribution < -0.4 is 5.32 Å². The van der Waals surface area contributed by atoms with Gasteiger partial charge in [0.25, 0.3) is 0 Å². The Labute approximate surface area is 146 Å². The second kappa shape index (κ2) is 8.06. The van der Waals surface area contributed by atoms with Crippen LogP contribution in [0.25, 0.3) is 10.9 Å². The van der Waals surface area contributed by atoms with Gasteiger partial charge in [0.1, 0.15) is 0 Å². The fourth-order valence-electron chi connectivity index (χ4n) is 2.66. The molecular weight excluding hydrogens is 316 g/mol. The van der Waals surface area contributed by atoms with Gasteiger partial charge in [0.2, 0.25) is 5.91 Å².